The van der Waals surface area contributed by atoms with Crippen LogP contribution in [0.3, 0.4) is 0 Å². The molecule has 4 aliphatic rings. The van der Waals surface area contributed by atoms with Crippen LogP contribution < -0.4 is 15.0 Å². The predicted octanol–water partition coefficient (Wildman–Crippen LogP) is 3.34. The first-order valence-electron chi connectivity index (χ1n) is 10.4. The topological polar surface area (TPSA) is 61.8 Å². The van der Waals surface area contributed by atoms with Crippen LogP contribution in [0.5, 0.6) is 11.5 Å². The van der Waals surface area contributed by atoms with Crippen LogP contribution in [0, 0.1) is 11.3 Å². The molecule has 0 bridgehead atoms. The number of hydrogen-bond acceptors (Lipinski definition) is 4. The molecule has 5 heteroatoms. The minimum absolute atomic E-state index is 0.0258. The Labute approximate surface area is 161 Å². The van der Waals surface area contributed by atoms with Crippen molar-refractivity contribution >= 4 is 11.6 Å². The number of nitrogens with zero attached hydrogens (tertiary/aromatic N) is 1. The highest BCUT2D eigenvalue weighted by Gasteiger charge is 2.69. The number of hydrogen-bond donors (Lipinski definition) is 2. The van der Waals surface area contributed by atoms with Gasteiger partial charge in [0, 0.05) is 24.4 Å². The Balaban J connectivity index is 1.77. The van der Waals surface area contributed by atoms with Crippen LogP contribution in [0.2, 0.25) is 0 Å². The van der Waals surface area contributed by atoms with Crippen molar-refractivity contribution in [3.63, 3.8) is 0 Å². The summed E-state index contributed by atoms with van der Waals surface area (Å²) in [7, 11) is 1.57. The first-order chi connectivity index (χ1) is 13.0. The van der Waals surface area contributed by atoms with E-state index in [1.54, 1.807) is 14.0 Å². The highest BCUT2D eigenvalue weighted by atomic mass is 16.5. The molecule has 146 valence electrons. The number of ether oxygens (including phenoxy) is 1. The van der Waals surface area contributed by atoms with E-state index in [0.29, 0.717) is 28.8 Å². The molecule has 0 unspecified atom stereocenters. The Bertz CT molecular complexity index is 809. The molecule has 1 spiro atoms. The maximum absolute atomic E-state index is 12.8. The van der Waals surface area contributed by atoms with Crippen LogP contribution in [0.25, 0.3) is 0 Å². The summed E-state index contributed by atoms with van der Waals surface area (Å²) in [6.45, 7) is 5.08. The van der Waals surface area contributed by atoms with Crippen molar-refractivity contribution < 1.29 is 14.6 Å². The molecule has 0 aromatic heterocycles. The third-order valence-electron chi connectivity index (χ3n) is 8.46. The Kier molecular flexibility index (Phi) is 3.62. The monoisotopic (exact) mass is 370 g/mol. The number of amides is 1. The molecule has 1 saturated heterocycles. The molecular formula is C22H30N2O3. The summed E-state index contributed by atoms with van der Waals surface area (Å²) in [6.07, 6.45) is 6.85. The standard InChI is InChI=1S/C22H30N2O3/c1-4-21-9-8-17-22(10-7-15(20(21)22)23-12-11-21)14-5-6-16(27-3)19(26)18(14)24(17)13(2)25/h5-6,15,17,20,23,26H,4,7-12H2,1-3H3/t15-,17+,20-,21+,22-/m1/s1. The van der Waals surface area contributed by atoms with Gasteiger partial charge in [-0.1, -0.05) is 19.4 Å². The zero-order chi connectivity index (χ0) is 19.0. The number of anilines is 1. The summed E-state index contributed by atoms with van der Waals surface area (Å²) < 4.78 is 5.38. The van der Waals surface area contributed by atoms with Gasteiger partial charge in [0.25, 0.3) is 0 Å². The number of nitrogens with one attached hydrogen (secondary N) is 1. The van der Waals surface area contributed by atoms with E-state index in [1.165, 1.54) is 24.8 Å². The lowest BCUT2D eigenvalue weighted by molar-refractivity contribution is -0.118. The lowest BCUT2D eigenvalue weighted by atomic mass is 9.49. The van der Waals surface area contributed by atoms with Crippen LogP contribution in [0.1, 0.15) is 57.9 Å². The fraction of sp³-hybridized carbons (Fsp3) is 0.682. The molecule has 27 heavy (non-hydrogen) atoms. The first kappa shape index (κ1) is 17.4. The summed E-state index contributed by atoms with van der Waals surface area (Å²) in [5, 5.41) is 14.8. The van der Waals surface area contributed by atoms with Gasteiger partial charge >= 0.3 is 0 Å². The fourth-order valence-electron chi connectivity index (χ4n) is 7.56. The van der Waals surface area contributed by atoms with Gasteiger partial charge in [0.15, 0.2) is 11.5 Å². The third-order valence-corrected chi connectivity index (χ3v) is 8.46. The largest absolute Gasteiger partial charge is 0.503 e. The lowest BCUT2D eigenvalue weighted by Gasteiger charge is -2.58. The van der Waals surface area contributed by atoms with Crippen molar-refractivity contribution in [3.05, 3.63) is 17.7 Å². The molecule has 2 heterocycles. The van der Waals surface area contributed by atoms with E-state index in [-0.39, 0.29) is 23.1 Å². The van der Waals surface area contributed by atoms with Crippen molar-refractivity contribution in [3.8, 4) is 11.5 Å². The van der Waals surface area contributed by atoms with Crippen molar-refractivity contribution in [2.24, 2.45) is 11.3 Å². The summed E-state index contributed by atoms with van der Waals surface area (Å²) in [5.74, 6) is 1.13. The predicted molar refractivity (Wildman–Crippen MR) is 104 cm³/mol. The van der Waals surface area contributed by atoms with E-state index in [0.717, 1.165) is 25.8 Å². The molecule has 1 aromatic rings. The molecule has 2 aliphatic carbocycles. The van der Waals surface area contributed by atoms with E-state index < -0.39 is 0 Å². The molecular weight excluding hydrogens is 340 g/mol. The van der Waals surface area contributed by atoms with Gasteiger partial charge in [-0.25, -0.2) is 0 Å². The fourth-order valence-corrected chi connectivity index (χ4v) is 7.56. The molecule has 2 saturated carbocycles. The number of rotatable bonds is 2. The van der Waals surface area contributed by atoms with Crippen LogP contribution in [0.15, 0.2) is 12.1 Å². The number of aromatic hydroxyl groups is 1. The molecule has 5 nitrogen and oxygen atoms in total. The quantitative estimate of drug-likeness (QED) is 0.838. The summed E-state index contributed by atoms with van der Waals surface area (Å²) >= 11 is 0. The van der Waals surface area contributed by atoms with Crippen molar-refractivity contribution in [1.82, 2.24) is 5.32 Å². The number of fused-ring (bicyclic) bond motifs is 1. The van der Waals surface area contributed by atoms with E-state index in [2.05, 4.69) is 18.3 Å². The molecule has 1 aromatic carbocycles. The van der Waals surface area contributed by atoms with Gasteiger partial charge in [0.05, 0.1) is 12.8 Å². The van der Waals surface area contributed by atoms with Crippen molar-refractivity contribution in [2.75, 3.05) is 18.6 Å². The second kappa shape index (κ2) is 5.63. The minimum Gasteiger partial charge on any atom is -0.503 e. The lowest BCUT2D eigenvalue weighted by Crippen LogP contribution is -2.63. The smallest absolute Gasteiger partial charge is 0.224 e. The van der Waals surface area contributed by atoms with E-state index in [9.17, 15) is 9.90 Å². The highest BCUT2D eigenvalue weighted by molar-refractivity contribution is 5.98. The van der Waals surface area contributed by atoms with Gasteiger partial charge in [-0.3, -0.25) is 4.79 Å². The van der Waals surface area contributed by atoms with Gasteiger partial charge in [0.1, 0.15) is 0 Å². The molecule has 0 radical (unpaired) electrons. The van der Waals surface area contributed by atoms with E-state index in [4.69, 9.17) is 4.74 Å². The minimum atomic E-state index is -0.0445. The average Bonchev–Trinajstić information content (AvgIpc) is 3.20. The van der Waals surface area contributed by atoms with Crippen molar-refractivity contribution in [1.29, 1.82) is 0 Å². The summed E-state index contributed by atoms with van der Waals surface area (Å²) in [6, 6.07) is 4.69. The van der Waals surface area contributed by atoms with Crippen LogP contribution in [-0.2, 0) is 10.2 Å². The molecule has 5 atom stereocenters. The van der Waals surface area contributed by atoms with Crippen LogP contribution in [-0.4, -0.2) is 36.8 Å². The Hall–Kier alpha value is -1.75. The zero-order valence-electron chi connectivity index (χ0n) is 16.5. The van der Waals surface area contributed by atoms with E-state index in [1.807, 2.05) is 11.0 Å². The molecule has 2 N–H and O–H groups in total. The number of phenols is 1. The van der Waals surface area contributed by atoms with Crippen LogP contribution >= 0.6 is 0 Å². The van der Waals surface area contributed by atoms with E-state index >= 15 is 0 Å². The first-order valence-corrected chi connectivity index (χ1v) is 10.4. The van der Waals surface area contributed by atoms with Gasteiger partial charge in [-0.05, 0) is 61.6 Å². The highest BCUT2D eigenvalue weighted by Crippen LogP contribution is 2.69. The van der Waals surface area contributed by atoms with Crippen molar-refractivity contribution in [2.45, 2.75) is 69.9 Å². The second-order valence-corrected chi connectivity index (χ2v) is 9.04. The Morgan fingerprint density at radius 3 is 2.85 bits per heavy atom. The molecule has 3 fully saturated rings. The molecule has 5 rings (SSSR count). The number of carbonyl (C=O) groups is 1. The second-order valence-electron chi connectivity index (χ2n) is 9.04. The van der Waals surface area contributed by atoms with Gasteiger partial charge < -0.3 is 20.1 Å². The Morgan fingerprint density at radius 2 is 2.15 bits per heavy atom. The maximum atomic E-state index is 12.8. The van der Waals surface area contributed by atoms with Gasteiger partial charge in [-0.2, -0.15) is 0 Å². The zero-order valence-corrected chi connectivity index (χ0v) is 16.5. The van der Waals surface area contributed by atoms with Crippen LogP contribution in [0.4, 0.5) is 5.69 Å². The normalized spacial score (nSPS) is 38.9. The number of phenolic OH excluding ortho intramolecular Hbond substituents is 1. The average molecular weight is 370 g/mol. The number of piperidine rings is 1. The number of benzene rings is 1. The number of methoxy groups -OCH3 is 1. The maximum Gasteiger partial charge on any atom is 0.224 e. The molecule has 2 aliphatic heterocycles. The molecule has 1 amide bonds. The summed E-state index contributed by atoms with van der Waals surface area (Å²) in [4.78, 5) is 14.7. The third kappa shape index (κ3) is 1.91. The van der Waals surface area contributed by atoms with Gasteiger partial charge in [-0.15, -0.1) is 0 Å². The van der Waals surface area contributed by atoms with Gasteiger partial charge in [0.2, 0.25) is 5.91 Å². The summed E-state index contributed by atoms with van der Waals surface area (Å²) in [5.41, 5.74) is 2.19. The SMILES string of the molecule is CC[C@@]12CCN[C@@H]3CC[C@]4(c5ccc(OC)c(O)c5N(C(C)=O)[C@H]4CC1)[C@H]32. The Morgan fingerprint density at radius 1 is 1.33 bits per heavy atom. The number of carbonyl (C=O) groups excluding carboxylic acids is 1.